The van der Waals surface area contributed by atoms with Gasteiger partial charge in [-0.05, 0) is 29.0 Å². The van der Waals surface area contributed by atoms with Gasteiger partial charge in [0.25, 0.3) is 0 Å². The third-order valence-corrected chi connectivity index (χ3v) is 2.82. The summed E-state index contributed by atoms with van der Waals surface area (Å²) in [6.45, 7) is 0.736. The number of nitrogens with one attached hydrogen (secondary N) is 2. The maximum absolute atomic E-state index is 8.88. The second kappa shape index (κ2) is 5.56. The van der Waals surface area contributed by atoms with Crippen LogP contribution in [0.15, 0.2) is 41.8 Å². The summed E-state index contributed by atoms with van der Waals surface area (Å²) < 4.78 is 0. The molecule has 0 radical (unpaired) electrons. The van der Waals surface area contributed by atoms with Gasteiger partial charge in [0.2, 0.25) is 0 Å². The summed E-state index contributed by atoms with van der Waals surface area (Å²) >= 11 is 1.39. The van der Waals surface area contributed by atoms with Gasteiger partial charge < -0.3 is 0 Å². The van der Waals surface area contributed by atoms with Crippen molar-refractivity contribution in [2.75, 3.05) is 0 Å². The molecule has 16 heavy (non-hydrogen) atoms. The number of hydrogen-bond acceptors (Lipinski definition) is 5. The van der Waals surface area contributed by atoms with E-state index < -0.39 is 0 Å². The summed E-state index contributed by atoms with van der Waals surface area (Å²) in [5.74, 6) is 0. The first-order chi connectivity index (χ1) is 7.90. The Morgan fingerprint density at radius 1 is 1.44 bits per heavy atom. The molecule has 1 heterocycles. The van der Waals surface area contributed by atoms with Crippen LogP contribution in [0.4, 0.5) is 0 Å². The number of nitriles is 1. The zero-order valence-electron chi connectivity index (χ0n) is 8.63. The van der Waals surface area contributed by atoms with Crippen LogP contribution in [-0.4, -0.2) is 11.2 Å². The predicted octanol–water partition coefficient (Wildman–Crippen LogP) is 1.57. The quantitative estimate of drug-likeness (QED) is 0.612. The van der Waals surface area contributed by atoms with E-state index in [1.165, 1.54) is 22.5 Å². The summed E-state index contributed by atoms with van der Waals surface area (Å²) in [5.41, 5.74) is 1.20. The minimum absolute atomic E-state index is 0.0912. The van der Waals surface area contributed by atoms with E-state index >= 15 is 0 Å². The lowest BCUT2D eigenvalue weighted by Gasteiger charge is -2.27. The molecular formula is C11H12N4S. The van der Waals surface area contributed by atoms with E-state index in [2.05, 4.69) is 28.5 Å². The van der Waals surface area contributed by atoms with Crippen molar-refractivity contribution >= 4 is 11.9 Å². The summed E-state index contributed by atoms with van der Waals surface area (Å²) in [7, 11) is 0. The van der Waals surface area contributed by atoms with Crippen molar-refractivity contribution in [2.24, 2.45) is 0 Å². The van der Waals surface area contributed by atoms with Crippen molar-refractivity contribution in [1.29, 1.82) is 5.26 Å². The van der Waals surface area contributed by atoms with Crippen molar-refractivity contribution in [3.05, 3.63) is 47.4 Å². The summed E-state index contributed by atoms with van der Waals surface area (Å²) in [6.07, 6.45) is 3.94. The van der Waals surface area contributed by atoms with Crippen molar-refractivity contribution in [3.63, 3.8) is 0 Å². The van der Waals surface area contributed by atoms with Gasteiger partial charge in [-0.25, -0.2) is 5.01 Å². The molecule has 1 unspecified atom stereocenters. The monoisotopic (exact) mass is 232 g/mol. The molecule has 0 fully saturated rings. The Balaban J connectivity index is 1.92. The molecule has 4 nitrogen and oxygen atoms in total. The molecule has 2 N–H and O–H groups in total. The van der Waals surface area contributed by atoms with Gasteiger partial charge in [0.05, 0.1) is 0 Å². The maximum atomic E-state index is 8.88. The Morgan fingerprint density at radius 3 is 3.00 bits per heavy atom. The van der Waals surface area contributed by atoms with Crippen LogP contribution < -0.4 is 10.1 Å². The fraction of sp³-hybridized carbons (Fsp3) is 0.182. The molecule has 1 aliphatic rings. The first-order valence-corrected chi connectivity index (χ1v) is 5.82. The smallest absolute Gasteiger partial charge is 0.197 e. The van der Waals surface area contributed by atoms with E-state index in [-0.39, 0.29) is 6.17 Å². The van der Waals surface area contributed by atoms with Crippen molar-refractivity contribution in [2.45, 2.75) is 12.7 Å². The fourth-order valence-corrected chi connectivity index (χ4v) is 1.96. The van der Waals surface area contributed by atoms with E-state index in [0.29, 0.717) is 0 Å². The van der Waals surface area contributed by atoms with E-state index in [0.717, 1.165) is 6.54 Å². The molecule has 1 aromatic carbocycles. The Hall–Kier alpha value is -1.48. The molecule has 0 saturated heterocycles. The minimum atomic E-state index is -0.0912. The van der Waals surface area contributed by atoms with E-state index in [1.807, 2.05) is 29.7 Å². The third kappa shape index (κ3) is 2.76. The van der Waals surface area contributed by atoms with Crippen LogP contribution >= 0.6 is 11.9 Å². The first-order valence-electron chi connectivity index (χ1n) is 4.94. The molecule has 0 bridgehead atoms. The highest BCUT2D eigenvalue weighted by Crippen LogP contribution is 2.10. The molecule has 82 valence electrons. The average Bonchev–Trinajstić information content (AvgIpc) is 2.38. The molecule has 0 aromatic heterocycles. The summed E-state index contributed by atoms with van der Waals surface area (Å²) in [4.78, 5) is 2.89. The van der Waals surface area contributed by atoms with Gasteiger partial charge in [-0.15, -0.1) is 0 Å². The molecule has 0 amide bonds. The Morgan fingerprint density at radius 2 is 2.25 bits per heavy atom. The van der Waals surface area contributed by atoms with Gasteiger partial charge in [0.15, 0.2) is 6.19 Å². The average molecular weight is 232 g/mol. The summed E-state index contributed by atoms with van der Waals surface area (Å²) in [5, 5.41) is 15.6. The molecule has 1 aromatic rings. The van der Waals surface area contributed by atoms with Gasteiger partial charge in [-0.1, -0.05) is 30.3 Å². The highest BCUT2D eigenvalue weighted by atomic mass is 32.2. The Labute approximate surface area is 99.0 Å². The number of benzene rings is 1. The van der Waals surface area contributed by atoms with Crippen molar-refractivity contribution in [3.8, 4) is 6.19 Å². The zero-order chi connectivity index (χ0) is 11.2. The predicted molar refractivity (Wildman–Crippen MR) is 64.4 cm³/mol. The lowest BCUT2D eigenvalue weighted by atomic mass is 10.2. The van der Waals surface area contributed by atoms with Gasteiger partial charge in [-0.3, -0.25) is 5.32 Å². The van der Waals surface area contributed by atoms with Gasteiger partial charge in [0.1, 0.15) is 6.17 Å². The molecule has 0 aliphatic carbocycles. The third-order valence-electron chi connectivity index (χ3n) is 2.22. The lowest BCUT2D eigenvalue weighted by Crippen LogP contribution is -2.47. The Kier molecular flexibility index (Phi) is 3.83. The van der Waals surface area contributed by atoms with Crippen molar-refractivity contribution in [1.82, 2.24) is 15.2 Å². The van der Waals surface area contributed by atoms with Crippen LogP contribution in [0.1, 0.15) is 5.56 Å². The van der Waals surface area contributed by atoms with Crippen LogP contribution in [-0.2, 0) is 6.54 Å². The first kappa shape index (κ1) is 11.0. The molecular weight excluding hydrogens is 220 g/mol. The van der Waals surface area contributed by atoms with Crippen LogP contribution in [0.3, 0.4) is 0 Å². The van der Waals surface area contributed by atoms with Crippen LogP contribution in [0.2, 0.25) is 0 Å². The normalized spacial score (nSPS) is 19.4. The zero-order valence-corrected chi connectivity index (χ0v) is 9.45. The number of hydrazine groups is 1. The lowest BCUT2D eigenvalue weighted by molar-refractivity contribution is 0.265. The second-order valence-corrected chi connectivity index (χ2v) is 4.01. The van der Waals surface area contributed by atoms with Crippen molar-refractivity contribution < 1.29 is 0 Å². The highest BCUT2D eigenvalue weighted by Gasteiger charge is 2.16. The molecule has 2 rings (SSSR count). The summed E-state index contributed by atoms with van der Waals surface area (Å²) in [6, 6.07) is 10.1. The van der Waals surface area contributed by atoms with E-state index in [9.17, 15) is 0 Å². The standard InChI is InChI=1S/C11H12N4S/c12-9-15-11(6-7-16-14-15)13-8-10-4-2-1-3-5-10/h1-7,11,13-14H,8H2. The van der Waals surface area contributed by atoms with E-state index in [4.69, 9.17) is 5.26 Å². The van der Waals surface area contributed by atoms with Gasteiger partial charge in [0, 0.05) is 6.54 Å². The van der Waals surface area contributed by atoms with Gasteiger partial charge >= 0.3 is 0 Å². The van der Waals surface area contributed by atoms with Crippen LogP contribution in [0, 0.1) is 11.5 Å². The SMILES string of the molecule is N#CN1NSC=CC1NCc1ccccc1. The second-order valence-electron chi connectivity index (χ2n) is 3.32. The van der Waals surface area contributed by atoms with Crippen LogP contribution in [0.25, 0.3) is 0 Å². The number of nitrogens with zero attached hydrogens (tertiary/aromatic N) is 2. The molecule has 5 heteroatoms. The fourth-order valence-electron chi connectivity index (χ4n) is 1.40. The Bertz CT molecular complexity index is 398. The van der Waals surface area contributed by atoms with Crippen LogP contribution in [0.5, 0.6) is 0 Å². The molecule has 0 spiro atoms. The minimum Gasteiger partial charge on any atom is -0.288 e. The van der Waals surface area contributed by atoms with Gasteiger partial charge in [-0.2, -0.15) is 10.1 Å². The van der Waals surface area contributed by atoms with E-state index in [1.54, 1.807) is 0 Å². The topological polar surface area (TPSA) is 51.1 Å². The molecule has 0 saturated carbocycles. The molecule has 1 aliphatic heterocycles. The largest absolute Gasteiger partial charge is 0.288 e. The number of hydrogen-bond donors (Lipinski definition) is 2. The number of rotatable bonds is 3. The molecule has 1 atom stereocenters. The maximum Gasteiger partial charge on any atom is 0.197 e. The highest BCUT2D eigenvalue weighted by molar-refractivity contribution is 8.00.